The molecule has 1 aromatic rings. The summed E-state index contributed by atoms with van der Waals surface area (Å²) >= 11 is 0. The highest BCUT2D eigenvalue weighted by Gasteiger charge is 2.62. The van der Waals surface area contributed by atoms with Gasteiger partial charge in [0, 0.05) is 27.4 Å². The molecule has 1 saturated heterocycles. The lowest BCUT2D eigenvalue weighted by molar-refractivity contribution is -0.303. The maximum absolute atomic E-state index is 11.7. The lowest BCUT2D eigenvalue weighted by Gasteiger charge is -2.33. The predicted molar refractivity (Wildman–Crippen MR) is 98.2 cm³/mol. The molecule has 0 radical (unpaired) electrons. The Labute approximate surface area is 169 Å². The van der Waals surface area contributed by atoms with E-state index in [9.17, 15) is 14.4 Å². The summed E-state index contributed by atoms with van der Waals surface area (Å²) in [6.07, 6.45) is -3.75. The van der Waals surface area contributed by atoms with E-state index in [2.05, 4.69) is 0 Å². The minimum atomic E-state index is -1.63. The van der Waals surface area contributed by atoms with Gasteiger partial charge in [-0.25, -0.2) is 0 Å². The van der Waals surface area contributed by atoms with Crippen LogP contribution in [0.25, 0.3) is 0 Å². The van der Waals surface area contributed by atoms with Crippen molar-refractivity contribution in [2.24, 2.45) is 0 Å². The molecule has 1 aliphatic heterocycles. The van der Waals surface area contributed by atoms with E-state index in [0.717, 1.165) is 5.56 Å². The minimum Gasteiger partial charge on any atom is -0.452 e. The van der Waals surface area contributed by atoms with Gasteiger partial charge in [-0.05, 0) is 12.5 Å². The van der Waals surface area contributed by atoms with Gasteiger partial charge in [0.25, 0.3) is 0 Å². The van der Waals surface area contributed by atoms with E-state index in [0.29, 0.717) is 0 Å². The molecule has 0 bridgehead atoms. The third-order valence-corrected chi connectivity index (χ3v) is 4.00. The number of rotatable bonds is 9. The molecule has 0 aromatic heterocycles. The van der Waals surface area contributed by atoms with E-state index in [1.165, 1.54) is 20.8 Å². The van der Waals surface area contributed by atoms with Gasteiger partial charge in [-0.15, -0.1) is 0 Å². The standard InChI is InChI=1S/C20H26O9/c1-5-25-20(12-24-11-16-9-7-6-8-10-16)18(27-14(3)22)17(26-13(2)21)19(29-20)28-15(4)23/h6-10,17-19H,5,11-12H2,1-4H3/t17-,18+,19-,20+/m0/s1. The van der Waals surface area contributed by atoms with E-state index in [1.54, 1.807) is 6.92 Å². The molecule has 1 fully saturated rings. The minimum absolute atomic E-state index is 0.163. The molecule has 29 heavy (non-hydrogen) atoms. The monoisotopic (exact) mass is 410 g/mol. The van der Waals surface area contributed by atoms with Crippen LogP contribution >= 0.6 is 0 Å². The number of carbonyl (C=O) groups excluding carboxylic acids is 3. The lowest BCUT2D eigenvalue weighted by Crippen LogP contribution is -2.52. The van der Waals surface area contributed by atoms with Crippen LogP contribution in [0.2, 0.25) is 0 Å². The summed E-state index contributed by atoms with van der Waals surface area (Å²) in [5.74, 6) is -3.60. The van der Waals surface area contributed by atoms with Crippen molar-refractivity contribution in [3.63, 3.8) is 0 Å². The fourth-order valence-corrected chi connectivity index (χ4v) is 3.03. The zero-order valence-electron chi connectivity index (χ0n) is 16.9. The Morgan fingerprint density at radius 1 is 0.966 bits per heavy atom. The molecule has 2 rings (SSSR count). The van der Waals surface area contributed by atoms with Crippen LogP contribution in [0.4, 0.5) is 0 Å². The third kappa shape index (κ3) is 6.25. The summed E-state index contributed by atoms with van der Waals surface area (Å²) in [5, 5.41) is 0. The Morgan fingerprint density at radius 3 is 2.14 bits per heavy atom. The zero-order valence-corrected chi connectivity index (χ0v) is 16.9. The van der Waals surface area contributed by atoms with Crippen molar-refractivity contribution < 1.29 is 42.8 Å². The summed E-state index contributed by atoms with van der Waals surface area (Å²) in [4.78, 5) is 34.8. The number of hydrogen-bond donors (Lipinski definition) is 0. The maximum atomic E-state index is 11.7. The Bertz CT molecular complexity index is 705. The van der Waals surface area contributed by atoms with Crippen molar-refractivity contribution in [1.29, 1.82) is 0 Å². The highest BCUT2D eigenvalue weighted by atomic mass is 16.8. The summed E-state index contributed by atoms with van der Waals surface area (Å²) in [6.45, 7) is 5.53. The number of hydrogen-bond acceptors (Lipinski definition) is 9. The van der Waals surface area contributed by atoms with E-state index >= 15 is 0 Å². The number of benzene rings is 1. The molecule has 4 atom stereocenters. The van der Waals surface area contributed by atoms with Crippen LogP contribution in [-0.2, 0) is 49.4 Å². The topological polar surface area (TPSA) is 107 Å². The van der Waals surface area contributed by atoms with E-state index in [4.69, 9.17) is 28.4 Å². The second-order valence-corrected chi connectivity index (χ2v) is 6.42. The SMILES string of the molecule is CCO[C@]1(COCc2ccccc2)O[C@H](OC(C)=O)[C@@H](OC(C)=O)[C@H]1OC(C)=O. The molecular weight excluding hydrogens is 384 g/mol. The summed E-state index contributed by atoms with van der Waals surface area (Å²) < 4.78 is 33.1. The average molecular weight is 410 g/mol. The molecule has 0 unspecified atom stereocenters. The van der Waals surface area contributed by atoms with Crippen LogP contribution in [0.5, 0.6) is 0 Å². The second-order valence-electron chi connectivity index (χ2n) is 6.42. The van der Waals surface area contributed by atoms with Gasteiger partial charge in [0.05, 0.1) is 6.61 Å². The van der Waals surface area contributed by atoms with Gasteiger partial charge < -0.3 is 28.4 Å². The Hall–Kier alpha value is -2.49. The molecule has 1 heterocycles. The Kier molecular flexibility index (Phi) is 8.12. The zero-order chi connectivity index (χ0) is 21.4. The smallest absolute Gasteiger partial charge is 0.305 e. The normalized spacial score (nSPS) is 26.0. The molecule has 0 amide bonds. The van der Waals surface area contributed by atoms with Crippen LogP contribution in [0.1, 0.15) is 33.3 Å². The average Bonchev–Trinajstić information content (AvgIpc) is 2.88. The second kappa shape index (κ2) is 10.3. The van der Waals surface area contributed by atoms with Crippen molar-refractivity contribution in [2.45, 2.75) is 58.6 Å². The van der Waals surface area contributed by atoms with Gasteiger partial charge >= 0.3 is 17.9 Å². The number of esters is 3. The molecule has 9 heteroatoms. The van der Waals surface area contributed by atoms with E-state index in [1.807, 2.05) is 30.3 Å². The molecule has 1 aliphatic rings. The predicted octanol–water partition coefficient (Wildman–Crippen LogP) is 1.72. The first-order valence-corrected chi connectivity index (χ1v) is 9.22. The van der Waals surface area contributed by atoms with Crippen molar-refractivity contribution in [3.8, 4) is 0 Å². The lowest BCUT2D eigenvalue weighted by atomic mass is 10.1. The van der Waals surface area contributed by atoms with Crippen molar-refractivity contribution >= 4 is 17.9 Å². The quantitative estimate of drug-likeness (QED) is 0.444. The molecule has 9 nitrogen and oxygen atoms in total. The first-order valence-electron chi connectivity index (χ1n) is 9.22. The number of carbonyl (C=O) groups is 3. The van der Waals surface area contributed by atoms with Gasteiger partial charge in [0.1, 0.15) is 6.61 Å². The van der Waals surface area contributed by atoms with Crippen LogP contribution in [-0.4, -0.2) is 55.4 Å². The van der Waals surface area contributed by atoms with E-state index in [-0.39, 0.29) is 19.8 Å². The molecule has 160 valence electrons. The summed E-state index contributed by atoms with van der Waals surface area (Å²) in [7, 11) is 0. The van der Waals surface area contributed by atoms with Crippen LogP contribution < -0.4 is 0 Å². The van der Waals surface area contributed by atoms with Gasteiger partial charge in [0.15, 0.2) is 0 Å². The van der Waals surface area contributed by atoms with Crippen LogP contribution in [0.3, 0.4) is 0 Å². The molecular formula is C20H26O9. The van der Waals surface area contributed by atoms with Gasteiger partial charge in [-0.2, -0.15) is 0 Å². The van der Waals surface area contributed by atoms with Gasteiger partial charge in [-0.3, -0.25) is 14.4 Å². The highest BCUT2D eigenvalue weighted by molar-refractivity contribution is 5.68. The summed E-state index contributed by atoms with van der Waals surface area (Å²) in [6, 6.07) is 9.40. The largest absolute Gasteiger partial charge is 0.452 e. The van der Waals surface area contributed by atoms with Crippen molar-refractivity contribution in [2.75, 3.05) is 13.2 Å². The maximum Gasteiger partial charge on any atom is 0.305 e. The van der Waals surface area contributed by atoms with Crippen LogP contribution in [0.15, 0.2) is 30.3 Å². The highest BCUT2D eigenvalue weighted by Crippen LogP contribution is 2.38. The summed E-state index contributed by atoms with van der Waals surface area (Å²) in [5.41, 5.74) is 0.911. The Morgan fingerprint density at radius 2 is 1.59 bits per heavy atom. The molecule has 0 aliphatic carbocycles. The molecule has 0 spiro atoms. The Balaban J connectivity index is 2.29. The first kappa shape index (κ1) is 22.8. The number of ether oxygens (including phenoxy) is 6. The van der Waals surface area contributed by atoms with Crippen molar-refractivity contribution in [3.05, 3.63) is 35.9 Å². The fourth-order valence-electron chi connectivity index (χ4n) is 3.03. The molecule has 1 aromatic carbocycles. The third-order valence-electron chi connectivity index (χ3n) is 4.00. The molecule has 0 saturated carbocycles. The first-order chi connectivity index (χ1) is 13.8. The van der Waals surface area contributed by atoms with Crippen LogP contribution in [0, 0.1) is 0 Å². The van der Waals surface area contributed by atoms with Crippen molar-refractivity contribution in [1.82, 2.24) is 0 Å². The van der Waals surface area contributed by atoms with E-state index < -0.39 is 42.2 Å². The fraction of sp³-hybridized carbons (Fsp3) is 0.550. The van der Waals surface area contributed by atoms with Gasteiger partial charge in [0.2, 0.25) is 24.3 Å². The van der Waals surface area contributed by atoms with Gasteiger partial charge in [-0.1, -0.05) is 30.3 Å². The molecule has 0 N–H and O–H groups in total.